The molecule has 0 amide bonds. The molecule has 15 heavy (non-hydrogen) atoms. The molecular formula is C13H26N2. The van der Waals surface area contributed by atoms with Gasteiger partial charge >= 0.3 is 0 Å². The Balaban J connectivity index is 2.29. The highest BCUT2D eigenvalue weighted by molar-refractivity contribution is 5.24. The molecule has 2 heteroatoms. The average molecular weight is 210 g/mol. The van der Waals surface area contributed by atoms with Crippen LogP contribution in [0.25, 0.3) is 0 Å². The molecule has 2 nitrogen and oxygen atoms in total. The van der Waals surface area contributed by atoms with Crippen molar-refractivity contribution in [3.8, 4) is 0 Å². The Morgan fingerprint density at radius 2 is 1.67 bits per heavy atom. The summed E-state index contributed by atoms with van der Waals surface area (Å²) < 4.78 is 0. The first-order valence-electron chi connectivity index (χ1n) is 6.12. The minimum Gasteiger partial charge on any atom is -0.323 e. The van der Waals surface area contributed by atoms with Crippen LogP contribution in [0.1, 0.15) is 48.0 Å². The summed E-state index contributed by atoms with van der Waals surface area (Å²) in [6.45, 7) is 15.1. The van der Waals surface area contributed by atoms with Gasteiger partial charge in [0.2, 0.25) is 0 Å². The molecule has 88 valence electrons. The van der Waals surface area contributed by atoms with Crippen molar-refractivity contribution >= 4 is 0 Å². The lowest BCUT2D eigenvalue weighted by Crippen LogP contribution is -2.57. The first-order chi connectivity index (χ1) is 6.57. The zero-order valence-corrected chi connectivity index (χ0v) is 11.1. The Morgan fingerprint density at radius 1 is 1.13 bits per heavy atom. The van der Waals surface area contributed by atoms with Gasteiger partial charge in [-0.2, -0.15) is 0 Å². The number of rotatable bonds is 0. The number of nitrogens with two attached hydrogens (primary N) is 1. The molecule has 2 rings (SSSR count). The van der Waals surface area contributed by atoms with Crippen LogP contribution in [0.3, 0.4) is 0 Å². The first kappa shape index (κ1) is 11.4. The van der Waals surface area contributed by atoms with Gasteiger partial charge in [-0.3, -0.25) is 4.90 Å². The highest BCUT2D eigenvalue weighted by Gasteiger charge is 2.67. The molecule has 0 aromatic rings. The molecule has 0 aromatic carbocycles. The molecular weight excluding hydrogens is 184 g/mol. The van der Waals surface area contributed by atoms with E-state index >= 15 is 0 Å². The van der Waals surface area contributed by atoms with Gasteiger partial charge in [0.1, 0.15) is 0 Å². The van der Waals surface area contributed by atoms with Crippen molar-refractivity contribution in [1.82, 2.24) is 4.90 Å². The van der Waals surface area contributed by atoms with Crippen LogP contribution in [0.5, 0.6) is 0 Å². The normalized spacial score (nSPS) is 41.8. The predicted octanol–water partition coefficient (Wildman–Crippen LogP) is 2.23. The summed E-state index contributed by atoms with van der Waals surface area (Å²) in [4.78, 5) is 2.63. The highest BCUT2D eigenvalue weighted by atomic mass is 15.3. The SMILES string of the molecule is CC(C)(C)C1N(C(C)(C)C)C[C@H]2C[C@@]12N. The summed E-state index contributed by atoms with van der Waals surface area (Å²) in [6, 6.07) is 0.537. The third-order valence-electron chi connectivity index (χ3n) is 4.12. The third kappa shape index (κ3) is 1.62. The van der Waals surface area contributed by atoms with Crippen molar-refractivity contribution < 1.29 is 0 Å². The van der Waals surface area contributed by atoms with E-state index in [0.717, 1.165) is 5.92 Å². The number of hydrogen-bond donors (Lipinski definition) is 1. The molecule has 1 unspecified atom stereocenters. The van der Waals surface area contributed by atoms with Gasteiger partial charge in [-0.05, 0) is 38.5 Å². The summed E-state index contributed by atoms with van der Waals surface area (Å²) in [7, 11) is 0. The Hall–Kier alpha value is -0.0800. The predicted molar refractivity (Wildman–Crippen MR) is 64.7 cm³/mol. The third-order valence-corrected chi connectivity index (χ3v) is 4.12. The molecule has 1 saturated carbocycles. The number of nitrogens with zero attached hydrogens (tertiary/aromatic N) is 1. The summed E-state index contributed by atoms with van der Waals surface area (Å²) >= 11 is 0. The second-order valence-corrected chi connectivity index (χ2v) is 7.61. The van der Waals surface area contributed by atoms with Crippen LogP contribution in [0.15, 0.2) is 0 Å². The van der Waals surface area contributed by atoms with Crippen molar-refractivity contribution in [2.75, 3.05) is 6.54 Å². The molecule has 1 heterocycles. The quantitative estimate of drug-likeness (QED) is 0.664. The lowest BCUT2D eigenvalue weighted by atomic mass is 9.79. The smallest absolute Gasteiger partial charge is 0.0362 e. The molecule has 1 aliphatic carbocycles. The molecule has 3 atom stereocenters. The van der Waals surface area contributed by atoms with Crippen LogP contribution in [0, 0.1) is 11.3 Å². The van der Waals surface area contributed by atoms with Gasteiger partial charge in [-0.25, -0.2) is 0 Å². The second kappa shape index (κ2) is 2.78. The fraction of sp³-hybridized carbons (Fsp3) is 1.00. The van der Waals surface area contributed by atoms with E-state index < -0.39 is 0 Å². The second-order valence-electron chi connectivity index (χ2n) is 7.61. The van der Waals surface area contributed by atoms with E-state index in [1.807, 2.05) is 0 Å². The number of fused-ring (bicyclic) bond motifs is 1. The maximum absolute atomic E-state index is 6.53. The molecule has 1 saturated heterocycles. The summed E-state index contributed by atoms with van der Waals surface area (Å²) in [5.74, 6) is 0.751. The number of piperidine rings is 1. The van der Waals surface area contributed by atoms with E-state index in [2.05, 4.69) is 46.4 Å². The molecule has 2 N–H and O–H groups in total. The number of likely N-dealkylation sites (tertiary alicyclic amines) is 1. The molecule has 0 aromatic heterocycles. The van der Waals surface area contributed by atoms with Crippen molar-refractivity contribution in [1.29, 1.82) is 0 Å². The van der Waals surface area contributed by atoms with Gasteiger partial charge in [-0.1, -0.05) is 20.8 Å². The molecule has 1 aliphatic heterocycles. The lowest BCUT2D eigenvalue weighted by molar-refractivity contribution is 0.0316. The molecule has 0 bridgehead atoms. The van der Waals surface area contributed by atoms with Crippen LogP contribution in [-0.4, -0.2) is 28.6 Å². The highest BCUT2D eigenvalue weighted by Crippen LogP contribution is 2.57. The zero-order valence-electron chi connectivity index (χ0n) is 11.1. The molecule has 0 radical (unpaired) electrons. The van der Waals surface area contributed by atoms with Crippen molar-refractivity contribution in [3.63, 3.8) is 0 Å². The Bertz CT molecular complexity index is 271. The maximum Gasteiger partial charge on any atom is 0.0362 e. The molecule has 2 aliphatic rings. The van der Waals surface area contributed by atoms with Gasteiger partial charge < -0.3 is 5.73 Å². The molecule has 2 fully saturated rings. The summed E-state index contributed by atoms with van der Waals surface area (Å²) in [6.07, 6.45) is 1.24. The standard InChI is InChI=1S/C13H26N2/c1-11(2,3)10-13(14)7-9(13)8-15(10)12(4,5)6/h9-10H,7-8,14H2,1-6H3/t9-,10?,13+/m1/s1. The largest absolute Gasteiger partial charge is 0.323 e. The Kier molecular flexibility index (Phi) is 2.11. The minimum atomic E-state index is 0.117. The Labute approximate surface area is 94.2 Å². The van der Waals surface area contributed by atoms with Crippen LogP contribution in [0.4, 0.5) is 0 Å². The van der Waals surface area contributed by atoms with E-state index in [4.69, 9.17) is 5.73 Å². The monoisotopic (exact) mass is 210 g/mol. The number of hydrogen-bond acceptors (Lipinski definition) is 2. The minimum absolute atomic E-state index is 0.117. The van der Waals surface area contributed by atoms with Crippen molar-refractivity contribution in [2.45, 2.75) is 65.1 Å². The summed E-state index contributed by atoms with van der Waals surface area (Å²) in [5.41, 5.74) is 7.18. The van der Waals surface area contributed by atoms with E-state index in [0.29, 0.717) is 6.04 Å². The average Bonchev–Trinajstić information content (AvgIpc) is 2.47. The lowest BCUT2D eigenvalue weighted by Gasteiger charge is -2.46. The van der Waals surface area contributed by atoms with Crippen LogP contribution in [-0.2, 0) is 0 Å². The van der Waals surface area contributed by atoms with Gasteiger partial charge in [0.15, 0.2) is 0 Å². The van der Waals surface area contributed by atoms with E-state index in [9.17, 15) is 0 Å². The van der Waals surface area contributed by atoms with Crippen LogP contribution in [0.2, 0.25) is 0 Å². The van der Waals surface area contributed by atoms with Gasteiger partial charge in [0.05, 0.1) is 0 Å². The van der Waals surface area contributed by atoms with Crippen molar-refractivity contribution in [2.24, 2.45) is 17.1 Å². The topological polar surface area (TPSA) is 29.3 Å². The van der Waals surface area contributed by atoms with E-state index in [1.54, 1.807) is 0 Å². The van der Waals surface area contributed by atoms with Crippen molar-refractivity contribution in [3.05, 3.63) is 0 Å². The zero-order chi connectivity index (χ0) is 11.6. The summed E-state index contributed by atoms with van der Waals surface area (Å²) in [5, 5.41) is 0. The first-order valence-corrected chi connectivity index (χ1v) is 6.12. The van der Waals surface area contributed by atoms with Gasteiger partial charge in [-0.15, -0.1) is 0 Å². The fourth-order valence-corrected chi connectivity index (χ4v) is 3.51. The molecule has 0 spiro atoms. The van der Waals surface area contributed by atoms with Gasteiger partial charge in [0.25, 0.3) is 0 Å². The fourth-order valence-electron chi connectivity index (χ4n) is 3.51. The van der Waals surface area contributed by atoms with E-state index in [-0.39, 0.29) is 16.5 Å². The van der Waals surface area contributed by atoms with E-state index in [1.165, 1.54) is 13.0 Å². The van der Waals surface area contributed by atoms with Crippen LogP contribution >= 0.6 is 0 Å². The Morgan fingerprint density at radius 3 is 2.00 bits per heavy atom. The van der Waals surface area contributed by atoms with Gasteiger partial charge in [0, 0.05) is 23.7 Å². The van der Waals surface area contributed by atoms with Crippen LogP contribution < -0.4 is 5.73 Å². The maximum atomic E-state index is 6.53.